The third-order valence-electron chi connectivity index (χ3n) is 8.05. The fourth-order valence-corrected chi connectivity index (χ4v) is 6.29. The Morgan fingerprint density at radius 1 is 0.882 bits per heavy atom. The molecule has 2 bridgehead atoms. The molecule has 6 nitrogen and oxygen atoms in total. The number of imide groups is 1. The summed E-state index contributed by atoms with van der Waals surface area (Å²) in [4.78, 5) is 28.9. The predicted octanol–water partition coefficient (Wildman–Crippen LogP) is 5.29. The number of amides is 2. The van der Waals surface area contributed by atoms with E-state index in [1.54, 1.807) is 12.1 Å². The second kappa shape index (κ2) is 7.52. The lowest BCUT2D eigenvalue weighted by atomic mass is 9.54. The third kappa shape index (κ3) is 2.76. The monoisotopic (exact) mass is 453 g/mol. The maximum atomic E-state index is 13.9. The van der Waals surface area contributed by atoms with Gasteiger partial charge in [0.05, 0.1) is 23.2 Å². The molecular formula is C28H25N2O4-. The van der Waals surface area contributed by atoms with E-state index in [0.29, 0.717) is 11.6 Å². The van der Waals surface area contributed by atoms with Gasteiger partial charge in [0.25, 0.3) is 0 Å². The summed E-state index contributed by atoms with van der Waals surface area (Å²) in [5.74, 6) is -1.45. The molecule has 0 saturated carbocycles. The van der Waals surface area contributed by atoms with Crippen molar-refractivity contribution in [2.45, 2.75) is 38.0 Å². The van der Waals surface area contributed by atoms with Gasteiger partial charge in [-0.2, -0.15) is 0 Å². The molecule has 3 aromatic carbocycles. The van der Waals surface area contributed by atoms with E-state index in [-0.39, 0.29) is 34.6 Å². The molecule has 1 N–H and O–H groups in total. The van der Waals surface area contributed by atoms with Gasteiger partial charge in [-0.05, 0) is 58.4 Å². The Morgan fingerprint density at radius 2 is 1.50 bits per heavy atom. The van der Waals surface area contributed by atoms with Crippen LogP contribution in [0.25, 0.3) is 0 Å². The van der Waals surface area contributed by atoms with Crippen molar-refractivity contribution < 1.29 is 14.8 Å². The molecule has 1 saturated heterocycles. The lowest BCUT2D eigenvalue weighted by Gasteiger charge is -2.46. The Balaban J connectivity index is 1.52. The summed E-state index contributed by atoms with van der Waals surface area (Å²) in [5.41, 5.74) is 6.07. The van der Waals surface area contributed by atoms with Crippen LogP contribution in [0.1, 0.15) is 65.8 Å². The molecule has 5 unspecified atom stereocenters. The lowest BCUT2D eigenvalue weighted by molar-refractivity contribution is -0.122. The van der Waals surface area contributed by atoms with Gasteiger partial charge in [0, 0.05) is 11.8 Å². The van der Waals surface area contributed by atoms with Crippen molar-refractivity contribution in [2.75, 3.05) is 10.1 Å². The van der Waals surface area contributed by atoms with Gasteiger partial charge in [0.15, 0.2) is 0 Å². The average Bonchev–Trinajstić information content (AvgIpc) is 3.13. The van der Waals surface area contributed by atoms with Gasteiger partial charge in [-0.1, -0.05) is 62.4 Å². The number of benzene rings is 3. The molecule has 7 rings (SSSR count). The van der Waals surface area contributed by atoms with Crippen molar-refractivity contribution in [1.29, 1.82) is 0 Å². The van der Waals surface area contributed by atoms with E-state index in [4.69, 9.17) is 0 Å². The fraction of sp³-hybridized carbons (Fsp3) is 0.286. The second-order valence-electron chi connectivity index (χ2n) is 9.64. The average molecular weight is 454 g/mol. The van der Waals surface area contributed by atoms with Gasteiger partial charge in [0.2, 0.25) is 11.8 Å². The van der Waals surface area contributed by atoms with E-state index in [2.05, 4.69) is 44.2 Å². The first-order chi connectivity index (χ1) is 16.4. The summed E-state index contributed by atoms with van der Waals surface area (Å²) >= 11 is 0. The number of nitrogens with zero attached hydrogens (tertiary/aromatic N) is 2. The van der Waals surface area contributed by atoms with Crippen molar-refractivity contribution in [1.82, 2.24) is 0 Å². The molecule has 3 aromatic rings. The number of rotatable bonds is 4. The zero-order valence-electron chi connectivity index (χ0n) is 19.0. The zero-order valence-corrected chi connectivity index (χ0v) is 19.0. The molecule has 1 aliphatic heterocycles. The minimum absolute atomic E-state index is 0.0271. The van der Waals surface area contributed by atoms with Crippen LogP contribution >= 0.6 is 0 Å². The molecule has 34 heavy (non-hydrogen) atoms. The number of carbonyl (C=O) groups excluding carboxylic acids is 2. The molecular weight excluding hydrogens is 428 g/mol. The predicted molar refractivity (Wildman–Crippen MR) is 129 cm³/mol. The number of anilines is 2. The molecule has 0 aromatic heterocycles. The SMILES string of the molecule is CCC(C)c1ccc2c(c1)C1c3ccccc3C2C2C(=O)N(c3cccc(N([O-])O)c3)C(=O)C12. The molecule has 1 heterocycles. The molecule has 5 atom stereocenters. The van der Waals surface area contributed by atoms with Crippen LogP contribution in [-0.2, 0) is 9.59 Å². The first-order valence-corrected chi connectivity index (χ1v) is 11.8. The molecule has 4 aliphatic rings. The van der Waals surface area contributed by atoms with Gasteiger partial charge in [0.1, 0.15) is 0 Å². The van der Waals surface area contributed by atoms with Gasteiger partial charge in [-0.25, -0.2) is 4.90 Å². The largest absolute Gasteiger partial charge is 0.733 e. The zero-order chi connectivity index (χ0) is 23.7. The van der Waals surface area contributed by atoms with Crippen LogP contribution < -0.4 is 10.1 Å². The van der Waals surface area contributed by atoms with Crippen LogP contribution in [0, 0.1) is 17.0 Å². The lowest BCUT2D eigenvalue weighted by Crippen LogP contribution is -2.41. The van der Waals surface area contributed by atoms with Crippen molar-refractivity contribution in [3.05, 3.63) is 99.8 Å². The first kappa shape index (κ1) is 21.1. The van der Waals surface area contributed by atoms with Crippen molar-refractivity contribution in [2.24, 2.45) is 11.8 Å². The Morgan fingerprint density at radius 3 is 2.12 bits per heavy atom. The summed E-state index contributed by atoms with van der Waals surface area (Å²) in [6, 6.07) is 20.7. The van der Waals surface area contributed by atoms with E-state index in [1.165, 1.54) is 22.6 Å². The Hall–Kier alpha value is -3.48. The second-order valence-corrected chi connectivity index (χ2v) is 9.64. The molecule has 172 valence electrons. The quantitative estimate of drug-likeness (QED) is 0.429. The summed E-state index contributed by atoms with van der Waals surface area (Å²) in [6.45, 7) is 4.38. The van der Waals surface area contributed by atoms with Crippen LogP contribution in [-0.4, -0.2) is 17.0 Å². The highest BCUT2D eigenvalue weighted by Crippen LogP contribution is 2.61. The van der Waals surface area contributed by atoms with E-state index < -0.39 is 11.8 Å². The van der Waals surface area contributed by atoms with Crippen LogP contribution in [0.5, 0.6) is 0 Å². The van der Waals surface area contributed by atoms with Crippen molar-refractivity contribution in [3.63, 3.8) is 0 Å². The standard InChI is InChI=1S/C28H25N2O4/c1-3-15(2)16-11-12-21-22(13-16)24-20-10-5-4-9-19(20)23(21)25-26(24)28(32)29(27(25)31)17-7-6-8-18(14-17)30(33)34/h4-15,23-26,33H,3H2,1-2H3/q-1. The van der Waals surface area contributed by atoms with E-state index >= 15 is 0 Å². The topological polar surface area (TPSA) is 83.9 Å². The van der Waals surface area contributed by atoms with Gasteiger partial charge in [-0.3, -0.25) is 14.8 Å². The Kier molecular flexibility index (Phi) is 4.66. The number of hydrogen-bond acceptors (Lipinski definition) is 5. The molecule has 0 radical (unpaired) electrons. The highest BCUT2D eigenvalue weighted by molar-refractivity contribution is 6.23. The van der Waals surface area contributed by atoms with Crippen LogP contribution in [0.15, 0.2) is 66.7 Å². The van der Waals surface area contributed by atoms with E-state index in [0.717, 1.165) is 28.7 Å². The molecule has 0 spiro atoms. The van der Waals surface area contributed by atoms with Crippen molar-refractivity contribution in [3.8, 4) is 0 Å². The molecule has 6 heteroatoms. The van der Waals surface area contributed by atoms with Crippen LogP contribution in [0.4, 0.5) is 11.4 Å². The van der Waals surface area contributed by atoms with Gasteiger partial charge in [-0.15, -0.1) is 0 Å². The van der Waals surface area contributed by atoms with Gasteiger partial charge >= 0.3 is 0 Å². The maximum Gasteiger partial charge on any atom is 0.238 e. The summed E-state index contributed by atoms with van der Waals surface area (Å²) in [7, 11) is 0. The Bertz CT molecular complexity index is 1330. The smallest absolute Gasteiger partial charge is 0.238 e. The maximum absolute atomic E-state index is 13.9. The minimum atomic E-state index is -0.492. The Labute approximate surface area is 198 Å². The normalized spacial score (nSPS) is 25.1. The number of hydrogen-bond donors (Lipinski definition) is 1. The third-order valence-corrected chi connectivity index (χ3v) is 8.05. The highest BCUT2D eigenvalue weighted by atomic mass is 16.8. The van der Waals surface area contributed by atoms with Gasteiger partial charge < -0.3 is 10.4 Å². The highest BCUT2D eigenvalue weighted by Gasteiger charge is 2.61. The van der Waals surface area contributed by atoms with Crippen molar-refractivity contribution >= 4 is 23.2 Å². The first-order valence-electron chi connectivity index (χ1n) is 11.8. The van der Waals surface area contributed by atoms with Crippen LogP contribution in [0.2, 0.25) is 0 Å². The van der Waals surface area contributed by atoms with E-state index in [1.807, 2.05) is 12.1 Å². The summed E-state index contributed by atoms with van der Waals surface area (Å²) in [6.07, 6.45) is 1.03. The minimum Gasteiger partial charge on any atom is -0.733 e. The summed E-state index contributed by atoms with van der Waals surface area (Å²) < 4.78 is 0. The molecule has 2 amide bonds. The summed E-state index contributed by atoms with van der Waals surface area (Å²) in [5, 5.41) is 20.5. The molecule has 3 aliphatic carbocycles. The molecule has 1 fully saturated rings. The fourth-order valence-electron chi connectivity index (χ4n) is 6.29. The van der Waals surface area contributed by atoms with E-state index in [9.17, 15) is 20.0 Å². The number of carbonyl (C=O) groups is 2. The van der Waals surface area contributed by atoms with Crippen LogP contribution in [0.3, 0.4) is 0 Å².